The molecule has 2 amide bonds. The van der Waals surface area contributed by atoms with Crippen molar-refractivity contribution in [3.05, 3.63) is 71.4 Å². The van der Waals surface area contributed by atoms with E-state index in [-0.39, 0.29) is 43.5 Å². The number of furan rings is 1. The molecule has 2 aromatic heterocycles. The molecule has 0 fully saturated rings. The van der Waals surface area contributed by atoms with E-state index in [1.165, 1.54) is 15.6 Å². The first-order valence-electron chi connectivity index (χ1n) is 11.4. The molecule has 3 aromatic rings. The summed E-state index contributed by atoms with van der Waals surface area (Å²) in [6, 6.07) is 12.4. The van der Waals surface area contributed by atoms with Crippen molar-refractivity contribution in [2.75, 3.05) is 20.3 Å². The maximum Gasteiger partial charge on any atom is 0.358 e. The largest absolute Gasteiger partial charge is 0.496 e. The van der Waals surface area contributed by atoms with Gasteiger partial charge >= 0.3 is 5.97 Å². The van der Waals surface area contributed by atoms with Crippen LogP contribution in [0.25, 0.3) is 0 Å². The number of hydrogen-bond acceptors (Lipinski definition) is 7. The minimum absolute atomic E-state index is 0.0277. The van der Waals surface area contributed by atoms with Crippen molar-refractivity contribution in [2.45, 2.75) is 38.9 Å². The van der Waals surface area contributed by atoms with E-state index in [1.54, 1.807) is 33.3 Å². The summed E-state index contributed by atoms with van der Waals surface area (Å²) in [4.78, 5) is 40.8. The molecular weight excluding hydrogens is 452 g/mol. The van der Waals surface area contributed by atoms with E-state index in [9.17, 15) is 14.4 Å². The molecule has 184 valence electrons. The summed E-state index contributed by atoms with van der Waals surface area (Å²) < 4.78 is 17.2. The molecular formula is C25H28N4O6. The predicted octanol–water partition coefficient (Wildman–Crippen LogP) is 2.43. The van der Waals surface area contributed by atoms with Crippen molar-refractivity contribution in [2.24, 2.45) is 0 Å². The second kappa shape index (κ2) is 10.0. The lowest BCUT2D eigenvalue weighted by molar-refractivity contribution is -0.133. The molecule has 1 aliphatic rings. The lowest BCUT2D eigenvalue weighted by Gasteiger charge is -2.43. The molecule has 0 spiro atoms. The topological polar surface area (TPSA) is 116 Å². The highest BCUT2D eigenvalue weighted by atomic mass is 16.5. The SMILES string of the molecule is CCOC(=O)c1cc2n(n1)C[C@](C)(C(=O)NCc1ccccc1OC)N(CCc1ccco1)C2=O. The van der Waals surface area contributed by atoms with Crippen LogP contribution in [-0.4, -0.2) is 58.3 Å². The van der Waals surface area contributed by atoms with Gasteiger partial charge in [-0.2, -0.15) is 5.10 Å². The Morgan fingerprint density at radius 2 is 2.03 bits per heavy atom. The number of aromatic nitrogens is 2. The van der Waals surface area contributed by atoms with Crippen LogP contribution in [0.5, 0.6) is 5.75 Å². The number of fused-ring (bicyclic) bond motifs is 1. The first-order chi connectivity index (χ1) is 16.9. The van der Waals surface area contributed by atoms with E-state index in [4.69, 9.17) is 13.9 Å². The number of nitrogens with zero attached hydrogens (tertiary/aromatic N) is 3. The first kappa shape index (κ1) is 24.1. The van der Waals surface area contributed by atoms with Crippen LogP contribution in [0.1, 0.15) is 46.1 Å². The van der Waals surface area contributed by atoms with Crippen LogP contribution in [0.2, 0.25) is 0 Å². The van der Waals surface area contributed by atoms with Crippen LogP contribution in [0.4, 0.5) is 0 Å². The number of nitrogens with one attached hydrogen (secondary N) is 1. The molecule has 4 rings (SSSR count). The third kappa shape index (κ3) is 4.77. The summed E-state index contributed by atoms with van der Waals surface area (Å²) >= 11 is 0. The van der Waals surface area contributed by atoms with E-state index >= 15 is 0 Å². The number of carbonyl (C=O) groups is 3. The molecule has 0 unspecified atom stereocenters. The molecule has 35 heavy (non-hydrogen) atoms. The number of benzene rings is 1. The van der Waals surface area contributed by atoms with Crippen molar-refractivity contribution in [3.8, 4) is 5.75 Å². The van der Waals surface area contributed by atoms with Crippen molar-refractivity contribution in [3.63, 3.8) is 0 Å². The summed E-state index contributed by atoms with van der Waals surface area (Å²) in [7, 11) is 1.57. The molecule has 0 aliphatic carbocycles. The molecule has 0 saturated carbocycles. The Bertz CT molecular complexity index is 1220. The second-order valence-corrected chi connectivity index (χ2v) is 8.35. The average Bonchev–Trinajstić information content (AvgIpc) is 3.53. The van der Waals surface area contributed by atoms with Crippen molar-refractivity contribution in [1.29, 1.82) is 0 Å². The Labute approximate surface area is 202 Å². The zero-order valence-corrected chi connectivity index (χ0v) is 19.9. The maximum atomic E-state index is 13.6. The van der Waals surface area contributed by atoms with E-state index in [0.717, 1.165) is 5.56 Å². The second-order valence-electron chi connectivity index (χ2n) is 8.35. The summed E-state index contributed by atoms with van der Waals surface area (Å²) in [6.45, 7) is 4.11. The quantitative estimate of drug-likeness (QED) is 0.468. The molecule has 3 heterocycles. The number of methoxy groups -OCH3 is 1. The van der Waals surface area contributed by atoms with E-state index in [1.807, 2.05) is 30.3 Å². The number of esters is 1. The molecule has 1 atom stereocenters. The van der Waals surface area contributed by atoms with E-state index < -0.39 is 17.4 Å². The van der Waals surface area contributed by atoms with Crippen LogP contribution in [0.3, 0.4) is 0 Å². The molecule has 0 radical (unpaired) electrons. The minimum atomic E-state index is -1.27. The van der Waals surface area contributed by atoms with E-state index in [2.05, 4.69) is 10.4 Å². The molecule has 10 nitrogen and oxygen atoms in total. The Kier molecular flexibility index (Phi) is 6.90. The van der Waals surface area contributed by atoms with Gasteiger partial charge < -0.3 is 24.1 Å². The van der Waals surface area contributed by atoms with Crippen LogP contribution < -0.4 is 10.1 Å². The fraction of sp³-hybridized carbons (Fsp3) is 0.360. The molecule has 1 N–H and O–H groups in total. The fourth-order valence-electron chi connectivity index (χ4n) is 4.19. The van der Waals surface area contributed by atoms with Gasteiger partial charge in [-0.25, -0.2) is 4.79 Å². The number of rotatable bonds is 9. The molecule has 1 aromatic carbocycles. The molecule has 0 saturated heterocycles. The van der Waals surface area contributed by atoms with Crippen molar-refractivity contribution in [1.82, 2.24) is 20.0 Å². The zero-order valence-electron chi connectivity index (χ0n) is 19.9. The summed E-state index contributed by atoms with van der Waals surface area (Å²) in [5.74, 6) is -0.0239. The Morgan fingerprint density at radius 3 is 2.74 bits per heavy atom. The third-order valence-corrected chi connectivity index (χ3v) is 6.07. The molecule has 0 bridgehead atoms. The highest BCUT2D eigenvalue weighted by molar-refractivity contribution is 6.01. The monoisotopic (exact) mass is 480 g/mol. The first-order valence-corrected chi connectivity index (χ1v) is 11.4. The van der Waals surface area contributed by atoms with Gasteiger partial charge in [0.15, 0.2) is 5.69 Å². The van der Waals surface area contributed by atoms with Gasteiger partial charge in [0.25, 0.3) is 5.91 Å². The number of ether oxygens (including phenoxy) is 2. The highest BCUT2D eigenvalue weighted by Crippen LogP contribution is 2.29. The summed E-state index contributed by atoms with van der Waals surface area (Å²) in [5.41, 5.74) is -0.209. The number of carbonyl (C=O) groups excluding carboxylic acids is 3. The number of para-hydroxylation sites is 1. The Morgan fingerprint density at radius 1 is 1.23 bits per heavy atom. The smallest absolute Gasteiger partial charge is 0.358 e. The van der Waals surface area contributed by atoms with Gasteiger partial charge in [-0.1, -0.05) is 18.2 Å². The van der Waals surface area contributed by atoms with Crippen LogP contribution in [0, 0.1) is 0 Å². The standard InChI is InChI=1S/C25H28N4O6/c1-4-34-23(31)19-14-20-22(30)28(12-11-18-9-7-13-35-18)25(2,16-29(20)27-19)24(32)26-15-17-8-5-6-10-21(17)33-3/h5-10,13-14H,4,11-12,15-16H2,1-3H3,(H,26,32)/t25-/m1/s1. The predicted molar refractivity (Wildman–Crippen MR) is 125 cm³/mol. The van der Waals surface area contributed by atoms with Crippen LogP contribution in [-0.2, 0) is 29.0 Å². The third-order valence-electron chi connectivity index (χ3n) is 6.07. The minimum Gasteiger partial charge on any atom is -0.496 e. The van der Waals surface area contributed by atoms with Crippen LogP contribution in [0.15, 0.2) is 53.1 Å². The summed E-state index contributed by atoms with van der Waals surface area (Å²) in [6.07, 6.45) is 1.99. The zero-order chi connectivity index (χ0) is 25.0. The normalized spacial score (nSPS) is 17.1. The molecule has 1 aliphatic heterocycles. The Hall–Kier alpha value is -4.08. The Balaban J connectivity index is 1.62. The number of amides is 2. The van der Waals surface area contributed by atoms with Gasteiger partial charge in [-0.05, 0) is 32.0 Å². The van der Waals surface area contributed by atoms with Gasteiger partial charge in [0.2, 0.25) is 5.91 Å². The van der Waals surface area contributed by atoms with Gasteiger partial charge in [0.05, 0.1) is 26.5 Å². The highest BCUT2D eigenvalue weighted by Gasteiger charge is 2.48. The van der Waals surface area contributed by atoms with Crippen molar-refractivity contribution < 1.29 is 28.3 Å². The van der Waals surface area contributed by atoms with Crippen LogP contribution >= 0.6 is 0 Å². The number of hydrogen-bond donors (Lipinski definition) is 1. The maximum absolute atomic E-state index is 13.6. The molecule has 10 heteroatoms. The lowest BCUT2D eigenvalue weighted by atomic mass is 9.94. The van der Waals surface area contributed by atoms with Gasteiger partial charge in [-0.15, -0.1) is 0 Å². The van der Waals surface area contributed by atoms with E-state index in [0.29, 0.717) is 17.9 Å². The fourth-order valence-corrected chi connectivity index (χ4v) is 4.19. The average molecular weight is 481 g/mol. The lowest BCUT2D eigenvalue weighted by Crippen LogP contribution is -2.64. The van der Waals surface area contributed by atoms with Crippen molar-refractivity contribution >= 4 is 17.8 Å². The van der Waals surface area contributed by atoms with Gasteiger partial charge in [0, 0.05) is 31.1 Å². The van der Waals surface area contributed by atoms with Gasteiger partial charge in [-0.3, -0.25) is 14.3 Å². The summed E-state index contributed by atoms with van der Waals surface area (Å²) in [5, 5.41) is 7.20. The van der Waals surface area contributed by atoms with Gasteiger partial charge in [0.1, 0.15) is 22.7 Å².